The molecule has 55 heavy (non-hydrogen) atoms. The van der Waals surface area contributed by atoms with Gasteiger partial charge in [0.25, 0.3) is 0 Å². The highest BCUT2D eigenvalue weighted by atomic mass is 32.1. The average Bonchev–Trinajstić information content (AvgIpc) is 3.91. The van der Waals surface area contributed by atoms with E-state index < -0.39 is 0 Å². The highest BCUT2D eigenvalue weighted by Gasteiger charge is 2.22. The molecule has 11 rings (SSSR count). The van der Waals surface area contributed by atoms with E-state index >= 15 is 0 Å². The molecule has 0 saturated carbocycles. The van der Waals surface area contributed by atoms with Gasteiger partial charge in [0.15, 0.2) is 0 Å². The summed E-state index contributed by atoms with van der Waals surface area (Å²) in [5.74, 6) is 0. The predicted octanol–water partition coefficient (Wildman–Crippen LogP) is 15.3. The van der Waals surface area contributed by atoms with E-state index in [1.165, 1.54) is 51.4 Å². The monoisotopic (exact) mass is 739 g/mol. The summed E-state index contributed by atoms with van der Waals surface area (Å²) < 4.78 is 6.35. The molecule has 0 spiro atoms. The molecule has 0 aliphatic rings. The fourth-order valence-electron chi connectivity index (χ4n) is 8.11. The van der Waals surface area contributed by atoms with Crippen LogP contribution in [0.25, 0.3) is 57.1 Å². The highest BCUT2D eigenvalue weighted by molar-refractivity contribution is 7.26. The van der Waals surface area contributed by atoms with Crippen molar-refractivity contribution in [2.24, 2.45) is 0 Å². The summed E-state index contributed by atoms with van der Waals surface area (Å²) in [6.07, 6.45) is 0. The van der Waals surface area contributed by atoms with Crippen molar-refractivity contribution < 1.29 is 0 Å². The van der Waals surface area contributed by atoms with E-state index in [4.69, 9.17) is 0 Å². The van der Waals surface area contributed by atoms with Crippen molar-refractivity contribution in [3.05, 3.63) is 200 Å². The maximum Gasteiger partial charge on any atom is 0.109 e. The molecular formula is C50H33N3S2. The zero-order chi connectivity index (χ0) is 36.3. The second kappa shape index (κ2) is 13.0. The van der Waals surface area contributed by atoms with Gasteiger partial charge >= 0.3 is 0 Å². The van der Waals surface area contributed by atoms with Crippen LogP contribution in [0.15, 0.2) is 200 Å². The summed E-state index contributed by atoms with van der Waals surface area (Å²) in [6.45, 7) is 0. The number of fused-ring (bicyclic) bond motifs is 8. The Hall–Kier alpha value is -6.66. The standard InChI is InChI=1S/C50H33N3S2/c1-5-15-34(16-6-1)51(35-17-7-2-8-18-35)39-27-30-48-44(32-39)49-42-28-25-40(33-45(42)53(50(49)55-48)37-21-11-4-12-22-37)52(36-19-9-3-10-20-36)38-26-29-47-43(31-38)41-23-13-14-24-46(41)54-47/h1-33H. The third-order valence-electron chi connectivity index (χ3n) is 10.5. The largest absolute Gasteiger partial charge is 0.310 e. The smallest absolute Gasteiger partial charge is 0.109 e. The zero-order valence-corrected chi connectivity index (χ0v) is 31.3. The minimum Gasteiger partial charge on any atom is -0.310 e. The fraction of sp³-hybridized carbons (Fsp3) is 0. The van der Waals surface area contributed by atoms with Gasteiger partial charge in [-0.1, -0.05) is 97.1 Å². The van der Waals surface area contributed by atoms with Crippen LogP contribution >= 0.6 is 22.7 Å². The second-order valence-corrected chi connectivity index (χ2v) is 15.9. The van der Waals surface area contributed by atoms with Crippen LogP contribution in [0.4, 0.5) is 34.1 Å². The van der Waals surface area contributed by atoms with E-state index in [1.807, 2.05) is 22.7 Å². The Kier molecular flexibility index (Phi) is 7.54. The van der Waals surface area contributed by atoms with Gasteiger partial charge in [-0.3, -0.25) is 0 Å². The van der Waals surface area contributed by atoms with Crippen LogP contribution in [-0.4, -0.2) is 4.57 Å². The normalized spacial score (nSPS) is 11.6. The van der Waals surface area contributed by atoms with E-state index in [2.05, 4.69) is 215 Å². The van der Waals surface area contributed by atoms with Gasteiger partial charge in [-0.05, 0) is 103 Å². The minimum atomic E-state index is 1.12. The Morgan fingerprint density at radius 3 is 1.44 bits per heavy atom. The first-order valence-corrected chi connectivity index (χ1v) is 20.1. The number of benzene rings is 8. The van der Waals surface area contributed by atoms with Crippen LogP contribution in [0, 0.1) is 0 Å². The van der Waals surface area contributed by atoms with E-state index in [9.17, 15) is 0 Å². The lowest BCUT2D eigenvalue weighted by Crippen LogP contribution is -2.10. The molecule has 0 aliphatic heterocycles. The number of aromatic nitrogens is 1. The van der Waals surface area contributed by atoms with Gasteiger partial charge in [0.2, 0.25) is 0 Å². The number of hydrogen-bond acceptors (Lipinski definition) is 4. The summed E-state index contributed by atoms with van der Waals surface area (Å²) in [4.78, 5) is 5.99. The van der Waals surface area contributed by atoms with Crippen molar-refractivity contribution in [1.29, 1.82) is 0 Å². The Labute approximate surface area is 326 Å². The molecule has 260 valence electrons. The first kappa shape index (κ1) is 31.8. The van der Waals surface area contributed by atoms with Crippen LogP contribution in [0.3, 0.4) is 0 Å². The van der Waals surface area contributed by atoms with E-state index in [0.29, 0.717) is 0 Å². The molecule has 3 nitrogen and oxygen atoms in total. The molecule has 0 saturated heterocycles. The zero-order valence-electron chi connectivity index (χ0n) is 29.7. The van der Waals surface area contributed by atoms with Crippen LogP contribution in [0.5, 0.6) is 0 Å². The van der Waals surface area contributed by atoms with Crippen molar-refractivity contribution in [3.8, 4) is 5.69 Å². The first-order valence-electron chi connectivity index (χ1n) is 18.5. The SMILES string of the molecule is c1ccc(N(c2ccccc2)c2ccc3sc4c(c3c2)c2ccc(N(c3ccccc3)c3ccc5sc6ccccc6c5c3)cc2n4-c2ccccc2)cc1. The molecule has 11 aromatic rings. The lowest BCUT2D eigenvalue weighted by Gasteiger charge is -2.26. The maximum absolute atomic E-state index is 2.46. The lowest BCUT2D eigenvalue weighted by atomic mass is 10.1. The quantitative estimate of drug-likeness (QED) is 0.161. The topological polar surface area (TPSA) is 11.4 Å². The summed E-state index contributed by atoms with van der Waals surface area (Å²) >= 11 is 3.72. The number of anilines is 6. The van der Waals surface area contributed by atoms with Crippen molar-refractivity contribution in [1.82, 2.24) is 4.57 Å². The molecule has 5 heteroatoms. The highest BCUT2D eigenvalue weighted by Crippen LogP contribution is 2.47. The minimum absolute atomic E-state index is 1.12. The average molecular weight is 740 g/mol. The maximum atomic E-state index is 2.46. The Bertz CT molecular complexity index is 3110. The fourth-order valence-corrected chi connectivity index (χ4v) is 10.4. The molecule has 0 unspecified atom stereocenters. The molecule has 3 aromatic heterocycles. The Balaban J connectivity index is 1.15. The summed E-state index contributed by atoms with van der Waals surface area (Å²) in [5.41, 5.74) is 9.10. The molecular weight excluding hydrogens is 707 g/mol. The number of thiophene rings is 2. The first-order chi connectivity index (χ1) is 27.3. The number of rotatable bonds is 7. The van der Waals surface area contributed by atoms with Gasteiger partial charge in [0.1, 0.15) is 4.83 Å². The molecule has 0 atom stereocenters. The molecule has 0 N–H and O–H groups in total. The van der Waals surface area contributed by atoms with Crippen LogP contribution in [0.1, 0.15) is 0 Å². The van der Waals surface area contributed by atoms with E-state index in [-0.39, 0.29) is 0 Å². The third kappa shape index (κ3) is 5.31. The second-order valence-electron chi connectivity index (χ2n) is 13.8. The van der Waals surface area contributed by atoms with Gasteiger partial charge < -0.3 is 14.4 Å². The molecule has 0 aliphatic carbocycles. The number of para-hydroxylation sites is 4. The van der Waals surface area contributed by atoms with Crippen molar-refractivity contribution in [2.75, 3.05) is 9.80 Å². The summed E-state index contributed by atoms with van der Waals surface area (Å²) in [7, 11) is 0. The molecule has 3 heterocycles. The van der Waals surface area contributed by atoms with Gasteiger partial charge in [-0.15, -0.1) is 22.7 Å². The molecule has 0 fully saturated rings. The van der Waals surface area contributed by atoms with Crippen LogP contribution in [-0.2, 0) is 0 Å². The summed E-state index contributed by atoms with van der Waals surface area (Å²) in [5, 5.41) is 6.37. The lowest BCUT2D eigenvalue weighted by molar-refractivity contribution is 1.19. The van der Waals surface area contributed by atoms with Gasteiger partial charge in [0, 0.05) is 80.8 Å². The van der Waals surface area contributed by atoms with Crippen molar-refractivity contribution in [2.45, 2.75) is 0 Å². The Morgan fingerprint density at radius 1 is 0.327 bits per heavy atom. The van der Waals surface area contributed by atoms with Crippen molar-refractivity contribution >= 4 is 108 Å². The van der Waals surface area contributed by atoms with Gasteiger partial charge in [-0.25, -0.2) is 0 Å². The van der Waals surface area contributed by atoms with E-state index in [0.717, 1.165) is 39.8 Å². The third-order valence-corrected chi connectivity index (χ3v) is 12.8. The van der Waals surface area contributed by atoms with Crippen molar-refractivity contribution in [3.63, 3.8) is 0 Å². The molecule has 0 amide bonds. The van der Waals surface area contributed by atoms with Gasteiger partial charge in [-0.2, -0.15) is 0 Å². The van der Waals surface area contributed by atoms with Gasteiger partial charge in [0.05, 0.1) is 5.52 Å². The predicted molar refractivity (Wildman–Crippen MR) is 238 cm³/mol. The number of hydrogen-bond donors (Lipinski definition) is 0. The van der Waals surface area contributed by atoms with Crippen LogP contribution in [0.2, 0.25) is 0 Å². The summed E-state index contributed by atoms with van der Waals surface area (Å²) in [6, 6.07) is 72.5. The molecule has 0 bridgehead atoms. The van der Waals surface area contributed by atoms with E-state index in [1.54, 1.807) is 0 Å². The van der Waals surface area contributed by atoms with Crippen LogP contribution < -0.4 is 9.80 Å². The molecule has 0 radical (unpaired) electrons. The molecule has 8 aromatic carbocycles. The Morgan fingerprint density at radius 2 is 0.800 bits per heavy atom. The number of nitrogens with zero attached hydrogens (tertiary/aromatic N) is 3.